The maximum atomic E-state index is 12.2. The standard InChI is InChI=1S/C14H8Cl2N2O5/c15-10-5-9(18(22)23)6-11(16)12(10)13(19)17-8-3-1-7(2-4-8)14(20)21/h1-6H,(H,17,19)(H,20,21). The van der Waals surface area contributed by atoms with Gasteiger partial charge in [0.2, 0.25) is 0 Å². The van der Waals surface area contributed by atoms with E-state index in [4.69, 9.17) is 28.3 Å². The number of nitro benzene ring substituents is 1. The minimum atomic E-state index is -1.09. The summed E-state index contributed by atoms with van der Waals surface area (Å²) in [6, 6.07) is 7.48. The maximum absolute atomic E-state index is 12.2. The summed E-state index contributed by atoms with van der Waals surface area (Å²) in [5.74, 6) is -1.76. The number of amides is 1. The molecule has 0 saturated heterocycles. The summed E-state index contributed by atoms with van der Waals surface area (Å²) in [6.45, 7) is 0. The highest BCUT2D eigenvalue weighted by atomic mass is 35.5. The molecule has 0 fully saturated rings. The number of aromatic carboxylic acids is 1. The number of carboxylic acid groups (broad SMARTS) is 1. The fourth-order valence-corrected chi connectivity index (χ4v) is 2.42. The minimum Gasteiger partial charge on any atom is -0.478 e. The number of carbonyl (C=O) groups is 2. The zero-order valence-corrected chi connectivity index (χ0v) is 12.8. The Kier molecular flexibility index (Phi) is 4.83. The molecule has 9 heteroatoms. The second-order valence-electron chi connectivity index (χ2n) is 4.38. The molecule has 2 aromatic carbocycles. The minimum absolute atomic E-state index is 0.0643. The summed E-state index contributed by atoms with van der Waals surface area (Å²) >= 11 is 11.8. The molecule has 0 unspecified atom stereocenters. The molecule has 0 aromatic heterocycles. The molecular weight excluding hydrogens is 347 g/mol. The van der Waals surface area contributed by atoms with Crippen LogP contribution in [0.15, 0.2) is 36.4 Å². The Bertz CT molecular complexity index is 782. The van der Waals surface area contributed by atoms with Crippen molar-refractivity contribution in [1.82, 2.24) is 0 Å². The molecule has 2 N–H and O–H groups in total. The van der Waals surface area contributed by atoms with Crippen LogP contribution in [0.5, 0.6) is 0 Å². The van der Waals surface area contributed by atoms with Crippen LogP contribution in [0.3, 0.4) is 0 Å². The Morgan fingerprint density at radius 1 is 1.09 bits per heavy atom. The van der Waals surface area contributed by atoms with Crippen molar-refractivity contribution < 1.29 is 19.6 Å². The van der Waals surface area contributed by atoms with Crippen molar-refractivity contribution >= 4 is 46.5 Å². The lowest BCUT2D eigenvalue weighted by Gasteiger charge is -2.09. The van der Waals surface area contributed by atoms with Crippen LogP contribution in [0.25, 0.3) is 0 Å². The number of nitro groups is 1. The highest BCUT2D eigenvalue weighted by Gasteiger charge is 2.20. The van der Waals surface area contributed by atoms with Crippen molar-refractivity contribution in [1.29, 1.82) is 0 Å². The molecule has 0 spiro atoms. The predicted octanol–water partition coefficient (Wildman–Crippen LogP) is 3.85. The van der Waals surface area contributed by atoms with Gasteiger partial charge in [0, 0.05) is 17.8 Å². The van der Waals surface area contributed by atoms with Gasteiger partial charge in [-0.15, -0.1) is 0 Å². The fourth-order valence-electron chi connectivity index (χ4n) is 1.77. The van der Waals surface area contributed by atoms with Gasteiger partial charge in [-0.3, -0.25) is 14.9 Å². The molecule has 1 amide bonds. The average molecular weight is 355 g/mol. The van der Waals surface area contributed by atoms with Crippen molar-refractivity contribution in [3.8, 4) is 0 Å². The topological polar surface area (TPSA) is 110 Å². The van der Waals surface area contributed by atoms with Gasteiger partial charge in [-0.25, -0.2) is 4.79 Å². The van der Waals surface area contributed by atoms with E-state index in [1.807, 2.05) is 0 Å². The Morgan fingerprint density at radius 3 is 2.04 bits per heavy atom. The molecule has 118 valence electrons. The number of benzene rings is 2. The van der Waals surface area contributed by atoms with Crippen molar-refractivity contribution in [2.75, 3.05) is 5.32 Å². The summed E-state index contributed by atoms with van der Waals surface area (Å²) in [4.78, 5) is 33.0. The zero-order chi connectivity index (χ0) is 17.1. The summed E-state index contributed by atoms with van der Waals surface area (Å²) in [5.41, 5.74) is -0.0523. The Balaban J connectivity index is 2.27. The first-order valence-electron chi connectivity index (χ1n) is 6.07. The second kappa shape index (κ2) is 6.64. The van der Waals surface area contributed by atoms with Crippen LogP contribution in [0.2, 0.25) is 10.0 Å². The molecule has 0 aliphatic carbocycles. The first-order valence-corrected chi connectivity index (χ1v) is 6.83. The van der Waals surface area contributed by atoms with Crippen LogP contribution in [-0.2, 0) is 0 Å². The van der Waals surface area contributed by atoms with Gasteiger partial charge in [-0.1, -0.05) is 23.2 Å². The summed E-state index contributed by atoms with van der Waals surface area (Å²) in [6.07, 6.45) is 0. The number of hydrogen-bond acceptors (Lipinski definition) is 4. The van der Waals surface area contributed by atoms with E-state index in [2.05, 4.69) is 5.32 Å². The summed E-state index contributed by atoms with van der Waals surface area (Å²) in [5, 5.41) is 21.7. The van der Waals surface area contributed by atoms with E-state index in [9.17, 15) is 19.7 Å². The molecule has 7 nitrogen and oxygen atoms in total. The number of nitrogens with zero attached hydrogens (tertiary/aromatic N) is 1. The lowest BCUT2D eigenvalue weighted by Crippen LogP contribution is -2.13. The Labute approximate surface area is 139 Å². The average Bonchev–Trinajstić information content (AvgIpc) is 2.46. The third-order valence-corrected chi connectivity index (χ3v) is 3.45. The normalized spacial score (nSPS) is 10.2. The quantitative estimate of drug-likeness (QED) is 0.639. The predicted molar refractivity (Wildman–Crippen MR) is 84.5 cm³/mol. The number of non-ortho nitro benzene ring substituents is 1. The highest BCUT2D eigenvalue weighted by molar-refractivity contribution is 6.40. The highest BCUT2D eigenvalue weighted by Crippen LogP contribution is 2.30. The SMILES string of the molecule is O=C(O)c1ccc(NC(=O)c2c(Cl)cc([N+](=O)[O-])cc2Cl)cc1. The molecule has 0 aliphatic heterocycles. The first kappa shape index (κ1) is 16.7. The van der Waals surface area contributed by atoms with E-state index >= 15 is 0 Å². The lowest BCUT2D eigenvalue weighted by molar-refractivity contribution is -0.384. The number of hydrogen-bond donors (Lipinski definition) is 2. The molecule has 0 heterocycles. The zero-order valence-electron chi connectivity index (χ0n) is 11.2. The van der Waals surface area contributed by atoms with Crippen LogP contribution < -0.4 is 5.32 Å². The van der Waals surface area contributed by atoms with E-state index in [0.29, 0.717) is 5.69 Å². The second-order valence-corrected chi connectivity index (χ2v) is 5.19. The van der Waals surface area contributed by atoms with Gasteiger partial charge in [0.25, 0.3) is 11.6 Å². The van der Waals surface area contributed by atoms with Gasteiger partial charge in [-0.2, -0.15) is 0 Å². The maximum Gasteiger partial charge on any atom is 0.335 e. The molecule has 2 aromatic rings. The largest absolute Gasteiger partial charge is 0.478 e. The van der Waals surface area contributed by atoms with Gasteiger partial charge in [0.15, 0.2) is 0 Å². The number of rotatable bonds is 4. The molecular formula is C14H8Cl2N2O5. The van der Waals surface area contributed by atoms with E-state index in [-0.39, 0.29) is 26.9 Å². The Morgan fingerprint density at radius 2 is 1.61 bits per heavy atom. The monoisotopic (exact) mass is 354 g/mol. The molecule has 2 rings (SSSR count). The molecule has 0 saturated carbocycles. The van der Waals surface area contributed by atoms with Gasteiger partial charge >= 0.3 is 5.97 Å². The number of nitrogens with one attached hydrogen (secondary N) is 1. The molecule has 0 atom stereocenters. The number of carboxylic acids is 1. The lowest BCUT2D eigenvalue weighted by atomic mass is 10.1. The van der Waals surface area contributed by atoms with Crippen LogP contribution in [0.4, 0.5) is 11.4 Å². The van der Waals surface area contributed by atoms with Crippen molar-refractivity contribution in [3.05, 3.63) is 67.7 Å². The van der Waals surface area contributed by atoms with E-state index in [1.54, 1.807) is 0 Å². The molecule has 0 radical (unpaired) electrons. The third kappa shape index (κ3) is 3.77. The summed E-state index contributed by atoms with van der Waals surface area (Å²) < 4.78 is 0. The van der Waals surface area contributed by atoms with Crippen molar-refractivity contribution in [2.24, 2.45) is 0 Å². The third-order valence-electron chi connectivity index (χ3n) is 2.85. The molecule has 23 heavy (non-hydrogen) atoms. The van der Waals surface area contributed by atoms with Crippen molar-refractivity contribution in [3.63, 3.8) is 0 Å². The number of anilines is 1. The van der Waals surface area contributed by atoms with Crippen LogP contribution >= 0.6 is 23.2 Å². The number of halogens is 2. The van der Waals surface area contributed by atoms with Gasteiger partial charge in [-0.05, 0) is 24.3 Å². The van der Waals surface area contributed by atoms with Gasteiger partial charge in [0.05, 0.1) is 26.1 Å². The number of carbonyl (C=O) groups excluding carboxylic acids is 1. The Hall–Kier alpha value is -2.64. The summed E-state index contributed by atoms with van der Waals surface area (Å²) in [7, 11) is 0. The van der Waals surface area contributed by atoms with E-state index in [0.717, 1.165) is 12.1 Å². The van der Waals surface area contributed by atoms with Crippen molar-refractivity contribution in [2.45, 2.75) is 0 Å². The van der Waals surface area contributed by atoms with E-state index < -0.39 is 16.8 Å². The van der Waals surface area contributed by atoms with Crippen LogP contribution in [0.1, 0.15) is 20.7 Å². The van der Waals surface area contributed by atoms with E-state index in [1.165, 1.54) is 24.3 Å². The van der Waals surface area contributed by atoms with Gasteiger partial charge in [0.1, 0.15) is 0 Å². The van der Waals surface area contributed by atoms with Gasteiger partial charge < -0.3 is 10.4 Å². The first-order chi connectivity index (χ1) is 10.8. The van der Waals surface area contributed by atoms with Crippen LogP contribution in [-0.4, -0.2) is 21.9 Å². The molecule has 0 aliphatic rings. The van der Waals surface area contributed by atoms with Crippen LogP contribution in [0, 0.1) is 10.1 Å². The fraction of sp³-hybridized carbons (Fsp3) is 0. The molecule has 0 bridgehead atoms. The smallest absolute Gasteiger partial charge is 0.335 e.